The summed E-state index contributed by atoms with van der Waals surface area (Å²) in [6.45, 7) is 24.6. The molecule has 3 aliphatic carbocycles. The fraction of sp³-hybridized carbons (Fsp3) is 0.528. The van der Waals surface area contributed by atoms with Crippen molar-refractivity contribution in [1.82, 2.24) is 0 Å². The second-order valence-corrected chi connectivity index (χ2v) is 26.7. The Labute approximate surface area is 266 Å². The van der Waals surface area contributed by atoms with Gasteiger partial charge in [-0.25, -0.2) is 0 Å². The van der Waals surface area contributed by atoms with Gasteiger partial charge in [-0.2, -0.15) is 0 Å². The zero-order valence-electron chi connectivity index (χ0n) is 26.6. The molecule has 0 N–H and O–H groups in total. The summed E-state index contributed by atoms with van der Waals surface area (Å²) >= 11 is -2.32. The van der Waals surface area contributed by atoms with Gasteiger partial charge in [0.05, 0.1) is 0 Å². The predicted molar refractivity (Wildman–Crippen MR) is 168 cm³/mol. The summed E-state index contributed by atoms with van der Waals surface area (Å²) in [4.78, 5) is 0. The molecule has 3 aliphatic rings. The van der Waals surface area contributed by atoms with Crippen LogP contribution >= 0.6 is 0 Å². The van der Waals surface area contributed by atoms with Gasteiger partial charge in [0.25, 0.3) is 0 Å². The van der Waals surface area contributed by atoms with Crippen LogP contribution in [-0.2, 0) is 38.5 Å². The van der Waals surface area contributed by atoms with Gasteiger partial charge in [0.1, 0.15) is 0 Å². The minimum atomic E-state index is -2.32. The number of fused-ring (bicyclic) bond motifs is 3. The quantitative estimate of drug-likeness (QED) is 0.374. The molecule has 40 heavy (non-hydrogen) atoms. The molecule has 0 heterocycles. The molecule has 0 nitrogen and oxygen atoms in total. The van der Waals surface area contributed by atoms with Gasteiger partial charge >= 0.3 is 244 Å². The van der Waals surface area contributed by atoms with E-state index in [-0.39, 0.29) is 35.6 Å². The number of benzene rings is 2. The van der Waals surface area contributed by atoms with E-state index in [4.69, 9.17) is 0 Å². The van der Waals surface area contributed by atoms with Gasteiger partial charge in [-0.1, -0.05) is 0 Å². The van der Waals surface area contributed by atoms with E-state index in [0.717, 1.165) is 6.42 Å². The van der Waals surface area contributed by atoms with Crippen LogP contribution in [-0.4, -0.2) is 11.3 Å². The predicted octanol–water partition coefficient (Wildman–Crippen LogP) is 3.58. The van der Waals surface area contributed by atoms with Crippen molar-refractivity contribution in [2.45, 2.75) is 117 Å². The Morgan fingerprint density at radius 2 is 1.43 bits per heavy atom. The monoisotopic (exact) mass is 670 g/mol. The Balaban J connectivity index is 0.00000220. The minimum Gasteiger partial charge on any atom is -1.00 e. The van der Waals surface area contributed by atoms with Crippen LogP contribution in [0.4, 0.5) is 0 Å². The molecule has 1 unspecified atom stereocenters. The van der Waals surface area contributed by atoms with Crippen molar-refractivity contribution >= 4 is 14.6 Å². The molecular formula is C36H50Cl2SiZr. The molecule has 0 spiro atoms. The number of rotatable bonds is 3. The van der Waals surface area contributed by atoms with E-state index in [2.05, 4.69) is 111 Å². The van der Waals surface area contributed by atoms with Crippen molar-refractivity contribution in [2.24, 2.45) is 5.92 Å². The fourth-order valence-corrected chi connectivity index (χ4v) is 18.4. The van der Waals surface area contributed by atoms with Crippen molar-refractivity contribution in [3.63, 3.8) is 0 Å². The van der Waals surface area contributed by atoms with Gasteiger partial charge in [0.2, 0.25) is 0 Å². The van der Waals surface area contributed by atoms with E-state index in [0.29, 0.717) is 5.92 Å². The van der Waals surface area contributed by atoms with Crippen molar-refractivity contribution in [3.8, 4) is 11.1 Å². The summed E-state index contributed by atoms with van der Waals surface area (Å²) in [5, 5.41) is 1.71. The third kappa shape index (κ3) is 6.51. The van der Waals surface area contributed by atoms with E-state index in [9.17, 15) is 0 Å². The first kappa shape index (κ1) is 34.0. The molecule has 216 valence electrons. The van der Waals surface area contributed by atoms with Gasteiger partial charge in [0, 0.05) is 0 Å². The van der Waals surface area contributed by atoms with Crippen LogP contribution in [0.5, 0.6) is 0 Å². The molecule has 1 atom stereocenters. The molecule has 0 saturated heterocycles. The second-order valence-electron chi connectivity index (χ2n) is 15.4. The maximum Gasteiger partial charge on any atom is -1.00 e. The van der Waals surface area contributed by atoms with E-state index in [1.807, 2.05) is 9.76 Å². The molecule has 0 radical (unpaired) electrons. The van der Waals surface area contributed by atoms with E-state index in [1.165, 1.54) is 43.2 Å². The molecule has 0 aromatic heterocycles. The fourth-order valence-electron chi connectivity index (χ4n) is 6.88. The number of allylic oxidation sites excluding steroid dienone is 4. The second kappa shape index (κ2) is 12.2. The normalized spacial score (nSPS) is 18.5. The third-order valence-electron chi connectivity index (χ3n) is 9.20. The Morgan fingerprint density at radius 1 is 0.800 bits per heavy atom. The summed E-state index contributed by atoms with van der Waals surface area (Å²) in [6.07, 6.45) is 13.6. The van der Waals surface area contributed by atoms with E-state index >= 15 is 0 Å². The van der Waals surface area contributed by atoms with Crippen LogP contribution in [0.1, 0.15) is 103 Å². The molecule has 2 aromatic carbocycles. The van der Waals surface area contributed by atoms with E-state index < -0.39 is 29.3 Å². The van der Waals surface area contributed by atoms with Crippen LogP contribution < -0.4 is 28.1 Å². The van der Waals surface area contributed by atoms with Crippen molar-refractivity contribution in [2.75, 3.05) is 0 Å². The Bertz CT molecular complexity index is 1370. The SMILES string of the molecule is CC1C=C([Si](C)(C)C)C=[C]1[Zr+2](=[C]1CCCCC1)[c]1c(C(C)(C)C)ccc2c1Cc1cc(C(C)(C)C)ccc1-2.[Cl-].[Cl-]. The molecule has 5 rings (SSSR count). The van der Waals surface area contributed by atoms with Crippen molar-refractivity contribution in [3.05, 3.63) is 73.2 Å². The van der Waals surface area contributed by atoms with Crippen LogP contribution in [0, 0.1) is 5.92 Å². The van der Waals surface area contributed by atoms with Gasteiger partial charge in [-0.15, -0.1) is 0 Å². The maximum absolute atomic E-state index is 2.76. The Morgan fingerprint density at radius 3 is 1.98 bits per heavy atom. The smallest absolute Gasteiger partial charge is 1.00 e. The summed E-state index contributed by atoms with van der Waals surface area (Å²) in [5.74, 6) is 0.612. The molecule has 4 heteroatoms. The van der Waals surface area contributed by atoms with Gasteiger partial charge in [0.15, 0.2) is 0 Å². The first-order valence-electron chi connectivity index (χ1n) is 15.1. The summed E-state index contributed by atoms with van der Waals surface area (Å²) in [5.41, 5.74) is 9.79. The van der Waals surface area contributed by atoms with Crippen LogP contribution in [0.2, 0.25) is 19.6 Å². The first-order valence-corrected chi connectivity index (χ1v) is 22.3. The molecular weight excluding hydrogens is 623 g/mol. The van der Waals surface area contributed by atoms with Crippen LogP contribution in [0.15, 0.2) is 51.0 Å². The third-order valence-corrected chi connectivity index (χ3v) is 19.7. The molecule has 1 fully saturated rings. The first-order chi connectivity index (χ1) is 17.7. The molecule has 1 saturated carbocycles. The van der Waals surface area contributed by atoms with E-state index in [1.54, 1.807) is 27.5 Å². The maximum atomic E-state index is 2.76. The molecule has 0 bridgehead atoms. The molecule has 2 aromatic rings. The number of hydrogen-bond donors (Lipinski definition) is 0. The zero-order valence-corrected chi connectivity index (χ0v) is 31.6. The largest absolute Gasteiger partial charge is 1.00 e. The summed E-state index contributed by atoms with van der Waals surface area (Å²) in [6, 6.07) is 12.4. The molecule has 0 amide bonds. The standard InChI is InChI=1S/C21H25.C9H15Si.C6H10.2ClH.Zr/c1-20(2,3)16-7-9-18-14(12-16)11-15-13-17(21(4,5)6)8-10-19(15)18;1-8-5-6-9(7-8)10(2,3)4;1-2-4-6-5-3-1;;;/h7-10,12H,11H2,1-6H3;6-8H,1-4H3;1-5H2;2*1H;/q;;;;;+2/p-2. The van der Waals surface area contributed by atoms with Crippen molar-refractivity contribution in [1.29, 1.82) is 0 Å². The van der Waals surface area contributed by atoms with Crippen molar-refractivity contribution < 1.29 is 46.1 Å². The van der Waals surface area contributed by atoms with Gasteiger partial charge < -0.3 is 24.8 Å². The van der Waals surface area contributed by atoms with Gasteiger partial charge in [-0.05, 0) is 0 Å². The van der Waals surface area contributed by atoms with Gasteiger partial charge in [-0.3, -0.25) is 0 Å². The number of halogens is 2. The van der Waals surface area contributed by atoms with Crippen LogP contribution in [0.3, 0.4) is 0 Å². The average Bonchev–Trinajstić information content (AvgIpc) is 3.39. The average molecular weight is 673 g/mol. The Hall–Kier alpha value is -0.530. The summed E-state index contributed by atoms with van der Waals surface area (Å²) < 4.78 is 5.75. The number of hydrogen-bond acceptors (Lipinski definition) is 0. The topological polar surface area (TPSA) is 0 Å². The summed E-state index contributed by atoms with van der Waals surface area (Å²) in [7, 11) is -1.34. The van der Waals surface area contributed by atoms with Crippen LogP contribution in [0.25, 0.3) is 11.1 Å². The molecule has 0 aliphatic heterocycles. The zero-order chi connectivity index (χ0) is 27.6. The Kier molecular flexibility index (Phi) is 10.4. The minimum absolute atomic E-state index is 0.